The van der Waals surface area contributed by atoms with Crippen LogP contribution in [0.15, 0.2) is 18.2 Å². The van der Waals surface area contributed by atoms with E-state index in [0.717, 1.165) is 17.7 Å². The molecule has 0 amide bonds. The zero-order valence-electron chi connectivity index (χ0n) is 9.27. The molecule has 0 aromatic heterocycles. The number of benzene rings is 1. The number of methoxy groups -OCH3 is 1. The second kappa shape index (κ2) is 5.00. The lowest BCUT2D eigenvalue weighted by Gasteiger charge is -2.14. The third-order valence-corrected chi connectivity index (χ3v) is 2.12. The van der Waals surface area contributed by atoms with Crippen LogP contribution in [0.5, 0.6) is 5.75 Å². The second-order valence-electron chi connectivity index (χ2n) is 3.88. The summed E-state index contributed by atoms with van der Waals surface area (Å²) in [4.78, 5) is 0. The first-order valence-electron chi connectivity index (χ1n) is 4.89. The van der Waals surface area contributed by atoms with Gasteiger partial charge in [0.15, 0.2) is 0 Å². The van der Waals surface area contributed by atoms with E-state index >= 15 is 0 Å². The first kappa shape index (κ1) is 11.8. The summed E-state index contributed by atoms with van der Waals surface area (Å²) in [5.74, 6) is 1.26. The fourth-order valence-electron chi connectivity index (χ4n) is 1.49. The Morgan fingerprint density at radius 2 is 2.00 bits per heavy atom. The van der Waals surface area contributed by atoms with Crippen LogP contribution in [-0.2, 0) is 6.42 Å². The Morgan fingerprint density at radius 1 is 1.33 bits per heavy atom. The molecule has 4 heteroatoms. The summed E-state index contributed by atoms with van der Waals surface area (Å²) in [6.07, 6.45) is 0.838. The first-order chi connectivity index (χ1) is 7.04. The second-order valence-corrected chi connectivity index (χ2v) is 3.88. The van der Waals surface area contributed by atoms with Gasteiger partial charge >= 0.3 is 0 Å². The van der Waals surface area contributed by atoms with E-state index in [1.54, 1.807) is 25.3 Å². The van der Waals surface area contributed by atoms with Crippen LogP contribution in [0, 0.1) is 5.92 Å². The number of rotatable bonds is 4. The van der Waals surface area contributed by atoms with Crippen molar-refractivity contribution in [2.45, 2.75) is 20.3 Å². The molecule has 1 aromatic carbocycles. The van der Waals surface area contributed by atoms with Crippen molar-refractivity contribution in [1.29, 1.82) is 0 Å². The van der Waals surface area contributed by atoms with Crippen molar-refractivity contribution in [2.75, 3.05) is 12.3 Å². The molecule has 1 aromatic rings. The minimum atomic E-state index is 0.114. The minimum Gasteiger partial charge on any atom is -0.496 e. The number of hydrogen-bond acceptors (Lipinski definition) is 4. The van der Waals surface area contributed by atoms with E-state index in [-0.39, 0.29) is 5.23 Å². The van der Waals surface area contributed by atoms with E-state index in [9.17, 15) is 0 Å². The Balaban J connectivity index is 3.02. The standard InChI is InChI=1S/C11H17NO3/c1-8(2)6-9-7-10(12(13)14)4-5-11(9)15-3/h4-5,7-8,13-14H,6H2,1-3H3. The van der Waals surface area contributed by atoms with Gasteiger partial charge < -0.3 is 4.74 Å². The van der Waals surface area contributed by atoms with Gasteiger partial charge in [0.25, 0.3) is 0 Å². The van der Waals surface area contributed by atoms with Crippen molar-refractivity contribution in [1.82, 2.24) is 0 Å². The van der Waals surface area contributed by atoms with E-state index in [1.165, 1.54) is 0 Å². The van der Waals surface area contributed by atoms with Gasteiger partial charge in [-0.3, -0.25) is 10.4 Å². The van der Waals surface area contributed by atoms with Crippen molar-refractivity contribution in [2.24, 2.45) is 5.92 Å². The molecular weight excluding hydrogens is 194 g/mol. The van der Waals surface area contributed by atoms with Crippen molar-refractivity contribution in [3.8, 4) is 5.75 Å². The molecular formula is C11H17NO3. The predicted molar refractivity (Wildman–Crippen MR) is 57.6 cm³/mol. The Morgan fingerprint density at radius 3 is 2.47 bits per heavy atom. The zero-order chi connectivity index (χ0) is 11.4. The quantitative estimate of drug-likeness (QED) is 0.751. The highest BCUT2D eigenvalue weighted by Gasteiger charge is 2.08. The van der Waals surface area contributed by atoms with E-state index < -0.39 is 0 Å². The highest BCUT2D eigenvalue weighted by Crippen LogP contribution is 2.26. The third kappa shape index (κ3) is 3.11. The molecule has 0 aliphatic carbocycles. The molecule has 0 aliphatic rings. The Bertz CT molecular complexity index is 324. The summed E-state index contributed by atoms with van der Waals surface area (Å²) < 4.78 is 5.20. The average molecular weight is 211 g/mol. The number of anilines is 1. The zero-order valence-corrected chi connectivity index (χ0v) is 9.27. The summed E-state index contributed by atoms with van der Waals surface area (Å²) in [5.41, 5.74) is 1.31. The van der Waals surface area contributed by atoms with E-state index in [1.807, 2.05) is 0 Å². The number of ether oxygens (including phenoxy) is 1. The van der Waals surface area contributed by atoms with Crippen molar-refractivity contribution in [3.63, 3.8) is 0 Å². The molecule has 0 aliphatic heterocycles. The Hall–Kier alpha value is -1.26. The lowest BCUT2D eigenvalue weighted by molar-refractivity contribution is 0.0291. The van der Waals surface area contributed by atoms with Gasteiger partial charge in [0.05, 0.1) is 12.8 Å². The SMILES string of the molecule is COc1ccc(N(O)O)cc1CC(C)C. The maximum absolute atomic E-state index is 8.89. The van der Waals surface area contributed by atoms with Crippen molar-refractivity contribution in [3.05, 3.63) is 23.8 Å². The Labute approximate surface area is 89.6 Å². The van der Waals surface area contributed by atoms with Crippen LogP contribution in [0.1, 0.15) is 19.4 Å². The fraction of sp³-hybridized carbons (Fsp3) is 0.455. The monoisotopic (exact) mass is 211 g/mol. The molecule has 0 radical (unpaired) electrons. The topological polar surface area (TPSA) is 52.9 Å². The summed E-state index contributed by atoms with van der Waals surface area (Å²) in [6, 6.07) is 5.02. The molecule has 0 fully saturated rings. The number of nitrogens with zero attached hydrogens (tertiary/aromatic N) is 1. The molecule has 0 unspecified atom stereocenters. The van der Waals surface area contributed by atoms with Crippen LogP contribution in [0.2, 0.25) is 0 Å². The van der Waals surface area contributed by atoms with Crippen molar-refractivity contribution >= 4 is 5.69 Å². The summed E-state index contributed by atoms with van der Waals surface area (Å²) in [7, 11) is 1.61. The summed E-state index contributed by atoms with van der Waals surface area (Å²) >= 11 is 0. The first-order valence-corrected chi connectivity index (χ1v) is 4.89. The van der Waals surface area contributed by atoms with Crippen LogP contribution < -0.4 is 9.96 Å². The summed E-state index contributed by atoms with van der Waals surface area (Å²) in [5, 5.41) is 17.9. The lowest BCUT2D eigenvalue weighted by atomic mass is 10.0. The average Bonchev–Trinajstić information content (AvgIpc) is 2.16. The van der Waals surface area contributed by atoms with Crippen molar-refractivity contribution < 1.29 is 15.2 Å². The fourth-order valence-corrected chi connectivity index (χ4v) is 1.49. The van der Waals surface area contributed by atoms with E-state index in [0.29, 0.717) is 11.6 Å². The maximum atomic E-state index is 8.89. The molecule has 84 valence electrons. The molecule has 0 bridgehead atoms. The molecule has 0 saturated heterocycles. The van der Waals surface area contributed by atoms with Gasteiger partial charge in [-0.2, -0.15) is 0 Å². The molecule has 0 heterocycles. The van der Waals surface area contributed by atoms with Gasteiger partial charge in [-0.05, 0) is 36.1 Å². The van der Waals surface area contributed by atoms with Crippen LogP contribution in [0.3, 0.4) is 0 Å². The minimum absolute atomic E-state index is 0.114. The van der Waals surface area contributed by atoms with Crippen LogP contribution in [0.25, 0.3) is 0 Å². The summed E-state index contributed by atoms with van der Waals surface area (Å²) in [6.45, 7) is 4.20. The normalized spacial score (nSPS) is 10.5. The Kier molecular flexibility index (Phi) is 3.94. The smallest absolute Gasteiger partial charge is 0.122 e. The molecule has 1 rings (SSSR count). The van der Waals surface area contributed by atoms with E-state index in [2.05, 4.69) is 13.8 Å². The molecule has 4 nitrogen and oxygen atoms in total. The van der Waals surface area contributed by atoms with E-state index in [4.69, 9.17) is 15.2 Å². The number of hydrogen-bond donors (Lipinski definition) is 2. The molecule has 0 saturated carbocycles. The van der Waals surface area contributed by atoms with Crippen LogP contribution >= 0.6 is 0 Å². The van der Waals surface area contributed by atoms with Gasteiger partial charge in [0.1, 0.15) is 5.75 Å². The van der Waals surface area contributed by atoms with Crippen LogP contribution in [0.4, 0.5) is 5.69 Å². The van der Waals surface area contributed by atoms with Gasteiger partial charge in [0, 0.05) is 0 Å². The molecule has 15 heavy (non-hydrogen) atoms. The highest BCUT2D eigenvalue weighted by molar-refractivity contribution is 5.50. The van der Waals surface area contributed by atoms with Gasteiger partial charge in [-0.15, -0.1) is 5.23 Å². The maximum Gasteiger partial charge on any atom is 0.122 e. The van der Waals surface area contributed by atoms with Gasteiger partial charge in [-0.1, -0.05) is 13.8 Å². The largest absolute Gasteiger partial charge is 0.496 e. The molecule has 2 N–H and O–H groups in total. The predicted octanol–water partition coefficient (Wildman–Crippen LogP) is 2.48. The van der Waals surface area contributed by atoms with Crippen LogP contribution in [-0.4, -0.2) is 17.5 Å². The highest BCUT2D eigenvalue weighted by atomic mass is 16.8. The van der Waals surface area contributed by atoms with Gasteiger partial charge in [-0.25, -0.2) is 0 Å². The molecule has 0 spiro atoms. The third-order valence-electron chi connectivity index (χ3n) is 2.12. The molecule has 0 atom stereocenters. The lowest BCUT2D eigenvalue weighted by Crippen LogP contribution is -2.11. The van der Waals surface area contributed by atoms with Gasteiger partial charge in [0.2, 0.25) is 0 Å².